The van der Waals surface area contributed by atoms with Crippen molar-refractivity contribution >= 4 is 6.09 Å². The maximum atomic E-state index is 12.4. The van der Waals surface area contributed by atoms with Crippen LogP contribution in [0.25, 0.3) is 11.3 Å². The molecule has 1 aromatic carbocycles. The summed E-state index contributed by atoms with van der Waals surface area (Å²) >= 11 is 0. The van der Waals surface area contributed by atoms with E-state index in [9.17, 15) is 9.59 Å². The van der Waals surface area contributed by atoms with Crippen molar-refractivity contribution in [1.82, 2.24) is 14.5 Å². The van der Waals surface area contributed by atoms with Gasteiger partial charge in [0.1, 0.15) is 11.4 Å². The molecule has 0 spiro atoms. The molecule has 1 saturated heterocycles. The second-order valence-corrected chi connectivity index (χ2v) is 7.81. The third-order valence-electron chi connectivity index (χ3n) is 4.63. The number of nitrogens with zero attached hydrogens (tertiary/aromatic N) is 2. The molecule has 0 bridgehead atoms. The summed E-state index contributed by atoms with van der Waals surface area (Å²) in [6, 6.07) is 7.64. The first-order valence-corrected chi connectivity index (χ1v) is 9.20. The van der Waals surface area contributed by atoms with E-state index in [1.807, 2.05) is 51.2 Å². The van der Waals surface area contributed by atoms with Crippen LogP contribution in [0, 0.1) is 0 Å². The van der Waals surface area contributed by atoms with Gasteiger partial charge in [0.15, 0.2) is 0 Å². The van der Waals surface area contributed by atoms with Gasteiger partial charge in [0.05, 0.1) is 12.8 Å². The number of H-pyrrole nitrogens is 1. The van der Waals surface area contributed by atoms with Gasteiger partial charge in [-0.1, -0.05) is 12.1 Å². The number of likely N-dealkylation sites (tertiary alicyclic amines) is 1. The summed E-state index contributed by atoms with van der Waals surface area (Å²) in [6.45, 7) is 6.72. The lowest BCUT2D eigenvalue weighted by Crippen LogP contribution is -2.42. The number of aromatic amines is 1. The zero-order valence-electron chi connectivity index (χ0n) is 16.3. The van der Waals surface area contributed by atoms with Crippen molar-refractivity contribution in [3.8, 4) is 17.0 Å². The number of nitrogens with one attached hydrogen (secondary N) is 1. The molecule has 27 heavy (non-hydrogen) atoms. The summed E-state index contributed by atoms with van der Waals surface area (Å²) in [5, 5.41) is 0. The van der Waals surface area contributed by atoms with Crippen LogP contribution in [-0.4, -0.2) is 46.3 Å². The SMILES string of the molecule is COc1cccc(-c2cn(C3CCN(C(=O)OC(C)(C)C)CC3)c(=O)[nH]2)c1. The maximum absolute atomic E-state index is 12.4. The number of hydrogen-bond donors (Lipinski definition) is 1. The largest absolute Gasteiger partial charge is 0.497 e. The van der Waals surface area contributed by atoms with E-state index < -0.39 is 5.60 Å². The summed E-state index contributed by atoms with van der Waals surface area (Å²) in [5.74, 6) is 0.742. The molecule has 1 amide bonds. The molecule has 0 atom stereocenters. The molecule has 1 aliphatic rings. The Morgan fingerprint density at radius 2 is 1.93 bits per heavy atom. The Labute approximate surface area is 158 Å². The van der Waals surface area contributed by atoms with E-state index >= 15 is 0 Å². The first-order valence-electron chi connectivity index (χ1n) is 9.20. The topological polar surface area (TPSA) is 76.6 Å². The van der Waals surface area contributed by atoms with E-state index in [4.69, 9.17) is 9.47 Å². The lowest BCUT2D eigenvalue weighted by atomic mass is 10.1. The second-order valence-electron chi connectivity index (χ2n) is 7.81. The van der Waals surface area contributed by atoms with Gasteiger partial charge in [0.2, 0.25) is 0 Å². The van der Waals surface area contributed by atoms with E-state index in [-0.39, 0.29) is 17.8 Å². The van der Waals surface area contributed by atoms with Crippen molar-refractivity contribution in [1.29, 1.82) is 0 Å². The standard InChI is InChI=1S/C20H27N3O4/c1-20(2,3)27-19(25)22-10-8-15(9-11-22)23-13-17(21-18(23)24)14-6-5-7-16(12-14)26-4/h5-7,12-13,15H,8-11H2,1-4H3,(H,21,24). The fourth-order valence-corrected chi connectivity index (χ4v) is 3.27. The molecule has 1 aromatic heterocycles. The van der Waals surface area contributed by atoms with Gasteiger partial charge in [0.25, 0.3) is 0 Å². The minimum Gasteiger partial charge on any atom is -0.497 e. The number of hydrogen-bond acceptors (Lipinski definition) is 4. The van der Waals surface area contributed by atoms with Crippen LogP contribution in [0.1, 0.15) is 39.7 Å². The molecular weight excluding hydrogens is 346 g/mol. The molecule has 2 aromatic rings. The van der Waals surface area contributed by atoms with Crippen molar-refractivity contribution in [2.75, 3.05) is 20.2 Å². The molecule has 146 valence electrons. The highest BCUT2D eigenvalue weighted by Gasteiger charge is 2.28. The maximum Gasteiger partial charge on any atom is 0.410 e. The Morgan fingerprint density at radius 1 is 1.22 bits per heavy atom. The number of carbonyl (C=O) groups excluding carboxylic acids is 1. The van der Waals surface area contributed by atoms with Crippen LogP contribution < -0.4 is 10.4 Å². The normalized spacial score (nSPS) is 15.6. The van der Waals surface area contributed by atoms with E-state index in [2.05, 4.69) is 4.98 Å². The zero-order valence-corrected chi connectivity index (χ0v) is 16.3. The number of aromatic nitrogens is 2. The van der Waals surface area contributed by atoms with Crippen LogP contribution in [0.4, 0.5) is 4.79 Å². The highest BCUT2D eigenvalue weighted by atomic mass is 16.6. The smallest absolute Gasteiger partial charge is 0.410 e. The highest BCUT2D eigenvalue weighted by Crippen LogP contribution is 2.26. The number of carbonyl (C=O) groups is 1. The fraction of sp³-hybridized carbons (Fsp3) is 0.500. The number of benzene rings is 1. The molecule has 0 unspecified atom stereocenters. The van der Waals surface area contributed by atoms with E-state index in [1.54, 1.807) is 16.6 Å². The molecular formula is C20H27N3O4. The Bertz CT molecular complexity index is 855. The average molecular weight is 373 g/mol. The van der Waals surface area contributed by atoms with Crippen LogP contribution in [-0.2, 0) is 4.74 Å². The summed E-state index contributed by atoms with van der Waals surface area (Å²) in [7, 11) is 1.62. The van der Waals surface area contributed by atoms with Gasteiger partial charge in [-0.3, -0.25) is 4.57 Å². The Hall–Kier alpha value is -2.70. The van der Waals surface area contributed by atoms with Gasteiger partial charge in [-0.15, -0.1) is 0 Å². The summed E-state index contributed by atoms with van der Waals surface area (Å²) in [4.78, 5) is 29.3. The molecule has 0 aliphatic carbocycles. The quantitative estimate of drug-likeness (QED) is 0.894. The summed E-state index contributed by atoms with van der Waals surface area (Å²) in [5.41, 5.74) is 1.02. The second kappa shape index (κ2) is 7.50. The minimum atomic E-state index is -0.503. The fourth-order valence-electron chi connectivity index (χ4n) is 3.27. The molecule has 3 rings (SSSR count). The predicted molar refractivity (Wildman–Crippen MR) is 103 cm³/mol. The predicted octanol–water partition coefficient (Wildman–Crippen LogP) is 3.42. The third-order valence-corrected chi connectivity index (χ3v) is 4.63. The highest BCUT2D eigenvalue weighted by molar-refractivity contribution is 5.68. The number of methoxy groups -OCH3 is 1. The van der Waals surface area contributed by atoms with E-state index in [1.165, 1.54) is 0 Å². The molecule has 2 heterocycles. The molecule has 1 fully saturated rings. The molecule has 7 nitrogen and oxygen atoms in total. The molecule has 1 N–H and O–H groups in total. The summed E-state index contributed by atoms with van der Waals surface area (Å²) < 4.78 is 12.4. The van der Waals surface area contributed by atoms with Crippen LogP contribution in [0.3, 0.4) is 0 Å². The van der Waals surface area contributed by atoms with E-state index in [0.29, 0.717) is 25.9 Å². The van der Waals surface area contributed by atoms with Crippen molar-refractivity contribution in [3.63, 3.8) is 0 Å². The van der Waals surface area contributed by atoms with Crippen molar-refractivity contribution in [2.45, 2.75) is 45.3 Å². The van der Waals surface area contributed by atoms with Gasteiger partial charge >= 0.3 is 11.8 Å². The number of ether oxygens (including phenoxy) is 2. The number of piperidine rings is 1. The molecule has 7 heteroatoms. The van der Waals surface area contributed by atoms with Gasteiger partial charge in [-0.2, -0.15) is 0 Å². The lowest BCUT2D eigenvalue weighted by Gasteiger charge is -2.33. The lowest BCUT2D eigenvalue weighted by molar-refractivity contribution is 0.0187. The van der Waals surface area contributed by atoms with Crippen molar-refractivity contribution in [3.05, 3.63) is 40.9 Å². The van der Waals surface area contributed by atoms with Gasteiger partial charge in [-0.05, 0) is 45.7 Å². The number of amides is 1. The average Bonchev–Trinajstić information content (AvgIpc) is 3.02. The zero-order chi connectivity index (χ0) is 19.6. The van der Waals surface area contributed by atoms with Crippen LogP contribution >= 0.6 is 0 Å². The first-order chi connectivity index (χ1) is 12.8. The van der Waals surface area contributed by atoms with Crippen molar-refractivity contribution in [2.24, 2.45) is 0 Å². The Morgan fingerprint density at radius 3 is 2.56 bits per heavy atom. The minimum absolute atomic E-state index is 0.0618. The van der Waals surface area contributed by atoms with Crippen LogP contribution in [0.5, 0.6) is 5.75 Å². The monoisotopic (exact) mass is 373 g/mol. The number of rotatable bonds is 3. The molecule has 1 aliphatic heterocycles. The van der Waals surface area contributed by atoms with Crippen LogP contribution in [0.2, 0.25) is 0 Å². The van der Waals surface area contributed by atoms with Crippen molar-refractivity contribution < 1.29 is 14.3 Å². The molecule has 0 saturated carbocycles. The van der Waals surface area contributed by atoms with Gasteiger partial charge in [0, 0.05) is 30.9 Å². The van der Waals surface area contributed by atoms with Gasteiger partial charge < -0.3 is 19.4 Å². The first kappa shape index (κ1) is 19.1. The Balaban J connectivity index is 1.69. The summed E-state index contributed by atoms with van der Waals surface area (Å²) in [6.07, 6.45) is 2.99. The van der Waals surface area contributed by atoms with Gasteiger partial charge in [-0.25, -0.2) is 9.59 Å². The van der Waals surface area contributed by atoms with E-state index in [0.717, 1.165) is 17.0 Å². The van der Waals surface area contributed by atoms with Crippen LogP contribution in [0.15, 0.2) is 35.3 Å². The molecule has 0 radical (unpaired) electrons. The third kappa shape index (κ3) is 4.53. The Kier molecular flexibility index (Phi) is 5.30. The number of imidazole rings is 1.